The van der Waals surface area contributed by atoms with Crippen molar-refractivity contribution < 1.29 is 9.47 Å². The number of benzene rings is 1. The molecule has 194 valence electrons. The number of hydrogen-bond acceptors (Lipinski definition) is 11. The number of aromatic nitrogens is 3. The number of hydrogen-bond donors (Lipinski definition) is 2. The van der Waals surface area contributed by atoms with Crippen LogP contribution in [-0.4, -0.2) is 71.8 Å². The predicted octanol–water partition coefficient (Wildman–Crippen LogP) is 2.65. The molecule has 37 heavy (non-hydrogen) atoms. The molecule has 3 aromatic rings. The minimum absolute atomic E-state index is 0.103. The molecule has 3 N–H and O–H groups in total. The van der Waals surface area contributed by atoms with Crippen LogP contribution in [0.15, 0.2) is 18.2 Å². The number of para-hydroxylation sites is 1. The average Bonchev–Trinajstić information content (AvgIpc) is 3.50. The average molecular weight is 521 g/mol. The SMILES string of the molecule is CN1CCC[C@H]1COc1nc2c(c(N3CCN[C@@H](CC#N)C3)n1)COC(c1cccc3sc(N)nc13)C2. The first-order valence-electron chi connectivity index (χ1n) is 12.9. The number of anilines is 2. The van der Waals surface area contributed by atoms with Crippen LogP contribution < -0.4 is 20.7 Å². The topological polar surface area (TPSA) is 125 Å². The predicted molar refractivity (Wildman–Crippen MR) is 143 cm³/mol. The summed E-state index contributed by atoms with van der Waals surface area (Å²) in [6, 6.07) is 9.32. The van der Waals surface area contributed by atoms with Gasteiger partial charge in [-0.05, 0) is 32.5 Å². The van der Waals surface area contributed by atoms with E-state index in [0.29, 0.717) is 49.8 Å². The summed E-state index contributed by atoms with van der Waals surface area (Å²) in [6.07, 6.45) is 3.20. The number of nitrogens with two attached hydrogens (primary N) is 1. The number of piperazine rings is 1. The summed E-state index contributed by atoms with van der Waals surface area (Å²) in [4.78, 5) is 19.0. The molecule has 11 heteroatoms. The summed E-state index contributed by atoms with van der Waals surface area (Å²) in [6.45, 7) is 4.39. The van der Waals surface area contributed by atoms with Gasteiger partial charge in [-0.1, -0.05) is 23.5 Å². The minimum atomic E-state index is -0.177. The van der Waals surface area contributed by atoms with E-state index in [1.807, 2.05) is 12.1 Å². The number of ether oxygens (including phenoxy) is 2. The van der Waals surface area contributed by atoms with Crippen LogP contribution in [0.4, 0.5) is 10.9 Å². The number of nitrogens with zero attached hydrogens (tertiary/aromatic N) is 6. The highest BCUT2D eigenvalue weighted by atomic mass is 32.1. The van der Waals surface area contributed by atoms with Crippen LogP contribution >= 0.6 is 11.3 Å². The van der Waals surface area contributed by atoms with Crippen LogP contribution in [0.1, 0.15) is 42.2 Å². The molecule has 1 unspecified atom stereocenters. The zero-order chi connectivity index (χ0) is 25.4. The van der Waals surface area contributed by atoms with Crippen molar-refractivity contribution in [2.45, 2.75) is 50.5 Å². The zero-order valence-electron chi connectivity index (χ0n) is 21.0. The van der Waals surface area contributed by atoms with Gasteiger partial charge in [-0.15, -0.1) is 0 Å². The van der Waals surface area contributed by atoms with Gasteiger partial charge in [-0.3, -0.25) is 0 Å². The standard InChI is InChI=1S/C26H32N8O2S/c1-33-10-3-4-17(33)14-36-26-30-20-12-21(18-5-2-6-22-23(18)31-25(28)37-22)35-15-19(20)24(32-26)34-11-9-29-16(13-34)7-8-27/h2,5-6,16-17,21,29H,3-4,7,9-15H2,1H3,(H2,28,31)/t16-,17-,21?/m0/s1. The number of thiazole rings is 1. The van der Waals surface area contributed by atoms with E-state index >= 15 is 0 Å². The molecule has 0 bridgehead atoms. The number of fused-ring (bicyclic) bond motifs is 2. The monoisotopic (exact) mass is 520 g/mol. The van der Waals surface area contributed by atoms with E-state index in [2.05, 4.69) is 39.3 Å². The molecule has 0 radical (unpaired) electrons. The molecule has 5 heterocycles. The normalized spacial score (nSPS) is 24.2. The maximum atomic E-state index is 9.23. The van der Waals surface area contributed by atoms with Crippen molar-refractivity contribution in [1.29, 1.82) is 5.26 Å². The van der Waals surface area contributed by atoms with Crippen LogP contribution in [0.3, 0.4) is 0 Å². The van der Waals surface area contributed by atoms with Crippen LogP contribution in [0, 0.1) is 11.3 Å². The van der Waals surface area contributed by atoms with Crippen molar-refractivity contribution in [1.82, 2.24) is 25.2 Å². The zero-order valence-corrected chi connectivity index (χ0v) is 21.8. The molecule has 6 rings (SSSR count). The highest BCUT2D eigenvalue weighted by Crippen LogP contribution is 2.38. The summed E-state index contributed by atoms with van der Waals surface area (Å²) < 4.78 is 13.7. The van der Waals surface area contributed by atoms with E-state index in [4.69, 9.17) is 25.2 Å². The minimum Gasteiger partial charge on any atom is -0.462 e. The van der Waals surface area contributed by atoms with Gasteiger partial charge in [0.1, 0.15) is 12.4 Å². The lowest BCUT2D eigenvalue weighted by Crippen LogP contribution is -2.51. The van der Waals surface area contributed by atoms with Gasteiger partial charge in [0.05, 0.1) is 41.1 Å². The van der Waals surface area contributed by atoms with Crippen LogP contribution in [-0.2, 0) is 17.8 Å². The molecular formula is C26H32N8O2S. The van der Waals surface area contributed by atoms with Crippen molar-refractivity contribution in [3.8, 4) is 12.1 Å². The Morgan fingerprint density at radius 1 is 1.30 bits per heavy atom. The molecule has 0 amide bonds. The maximum Gasteiger partial charge on any atom is 0.318 e. The molecule has 2 aromatic heterocycles. The number of rotatable bonds is 6. The van der Waals surface area contributed by atoms with E-state index in [9.17, 15) is 5.26 Å². The number of nitrogens with one attached hydrogen (secondary N) is 1. The summed E-state index contributed by atoms with van der Waals surface area (Å²) >= 11 is 1.49. The first-order chi connectivity index (χ1) is 18.1. The summed E-state index contributed by atoms with van der Waals surface area (Å²) in [5.74, 6) is 0.860. The number of nitriles is 1. The van der Waals surface area contributed by atoms with E-state index in [1.165, 1.54) is 17.8 Å². The number of likely N-dealkylation sites (N-methyl/N-ethyl adjacent to an activating group) is 1. The lowest BCUT2D eigenvalue weighted by molar-refractivity contribution is 0.0264. The first kappa shape index (κ1) is 24.3. The van der Waals surface area contributed by atoms with Crippen LogP contribution in [0.5, 0.6) is 6.01 Å². The second-order valence-corrected chi connectivity index (χ2v) is 11.1. The molecule has 10 nitrogen and oxygen atoms in total. The number of likely N-dealkylation sites (tertiary alicyclic amines) is 1. The number of nitrogen functional groups attached to an aromatic ring is 1. The van der Waals surface area contributed by atoms with Crippen molar-refractivity contribution in [3.63, 3.8) is 0 Å². The summed E-state index contributed by atoms with van der Waals surface area (Å²) in [7, 11) is 2.14. The lowest BCUT2D eigenvalue weighted by atomic mass is 9.98. The van der Waals surface area contributed by atoms with E-state index < -0.39 is 0 Å². The lowest BCUT2D eigenvalue weighted by Gasteiger charge is -2.36. The fraction of sp³-hybridized carbons (Fsp3) is 0.538. The Kier molecular flexibility index (Phi) is 6.82. The Bertz CT molecular complexity index is 1320. The van der Waals surface area contributed by atoms with Crippen molar-refractivity contribution in [2.24, 2.45) is 0 Å². The van der Waals surface area contributed by atoms with Crippen LogP contribution in [0.2, 0.25) is 0 Å². The van der Waals surface area contributed by atoms with Gasteiger partial charge in [0.25, 0.3) is 0 Å². The molecule has 3 aliphatic heterocycles. The Labute approximate surface area is 220 Å². The quantitative estimate of drug-likeness (QED) is 0.501. The third-order valence-electron chi connectivity index (χ3n) is 7.64. The summed E-state index contributed by atoms with van der Waals surface area (Å²) in [5.41, 5.74) is 9.89. The molecule has 2 fully saturated rings. The second-order valence-electron chi connectivity index (χ2n) is 10.1. The van der Waals surface area contributed by atoms with Gasteiger partial charge in [-0.2, -0.15) is 15.2 Å². The third kappa shape index (κ3) is 4.94. The van der Waals surface area contributed by atoms with E-state index in [0.717, 1.165) is 58.9 Å². The second kappa shape index (κ2) is 10.4. The van der Waals surface area contributed by atoms with Gasteiger partial charge in [0, 0.05) is 49.3 Å². The maximum absolute atomic E-state index is 9.23. The largest absolute Gasteiger partial charge is 0.462 e. The molecule has 3 aliphatic rings. The Hall–Kier alpha value is -3.04. The van der Waals surface area contributed by atoms with E-state index in [1.54, 1.807) is 0 Å². The van der Waals surface area contributed by atoms with Crippen molar-refractivity contribution in [3.05, 3.63) is 35.0 Å². The Balaban J connectivity index is 1.32. The molecule has 2 saturated heterocycles. The van der Waals surface area contributed by atoms with E-state index in [-0.39, 0.29) is 12.1 Å². The van der Waals surface area contributed by atoms with Crippen molar-refractivity contribution >= 4 is 32.5 Å². The van der Waals surface area contributed by atoms with Gasteiger partial charge in [0.15, 0.2) is 5.13 Å². The summed E-state index contributed by atoms with van der Waals surface area (Å²) in [5, 5.41) is 13.2. The van der Waals surface area contributed by atoms with Gasteiger partial charge >= 0.3 is 6.01 Å². The fourth-order valence-electron chi connectivity index (χ4n) is 5.63. The molecule has 0 saturated carbocycles. The highest BCUT2D eigenvalue weighted by Gasteiger charge is 2.31. The molecular weight excluding hydrogens is 488 g/mol. The molecule has 0 spiro atoms. The molecule has 3 atom stereocenters. The smallest absolute Gasteiger partial charge is 0.318 e. The Morgan fingerprint density at radius 2 is 2.22 bits per heavy atom. The Morgan fingerprint density at radius 3 is 3.05 bits per heavy atom. The molecule has 0 aliphatic carbocycles. The van der Waals surface area contributed by atoms with Crippen molar-refractivity contribution in [2.75, 3.05) is 50.5 Å². The van der Waals surface area contributed by atoms with Crippen LogP contribution in [0.25, 0.3) is 10.2 Å². The molecule has 1 aromatic carbocycles. The fourth-order valence-corrected chi connectivity index (χ4v) is 6.40. The van der Waals surface area contributed by atoms with Gasteiger partial charge in [-0.25, -0.2) is 4.98 Å². The highest BCUT2D eigenvalue weighted by molar-refractivity contribution is 7.22. The van der Waals surface area contributed by atoms with Gasteiger partial charge < -0.3 is 30.3 Å². The first-order valence-corrected chi connectivity index (χ1v) is 13.8. The third-order valence-corrected chi connectivity index (χ3v) is 8.49. The van der Waals surface area contributed by atoms with Gasteiger partial charge in [0.2, 0.25) is 0 Å².